The molecule has 1 fully saturated rings. The Morgan fingerprint density at radius 3 is 2.48 bits per heavy atom. The van der Waals surface area contributed by atoms with Crippen LogP contribution in [0.25, 0.3) is 6.08 Å². The van der Waals surface area contributed by atoms with Crippen LogP contribution in [-0.2, 0) is 11.8 Å². The first-order valence-electron chi connectivity index (χ1n) is 10.4. The maximum absolute atomic E-state index is 2.58. The zero-order valence-corrected chi connectivity index (χ0v) is 16.8. The molecule has 0 bridgehead atoms. The Bertz CT molecular complexity index is 904. The van der Waals surface area contributed by atoms with E-state index in [0.29, 0.717) is 0 Å². The number of fused-ring (bicyclic) bond motifs is 2. The van der Waals surface area contributed by atoms with E-state index in [9.17, 15) is 0 Å². The molecule has 27 heavy (non-hydrogen) atoms. The van der Waals surface area contributed by atoms with Gasteiger partial charge in [0.15, 0.2) is 0 Å². The summed E-state index contributed by atoms with van der Waals surface area (Å²) in [5.74, 6) is 0. The fourth-order valence-corrected chi connectivity index (χ4v) is 5.66. The van der Waals surface area contributed by atoms with Crippen LogP contribution in [0, 0.1) is 0 Å². The van der Waals surface area contributed by atoms with Crippen molar-refractivity contribution in [1.29, 1.82) is 0 Å². The van der Waals surface area contributed by atoms with E-state index in [4.69, 9.17) is 0 Å². The number of nitrogens with zero attached hydrogens (tertiary/aromatic N) is 2. The van der Waals surface area contributed by atoms with Crippen molar-refractivity contribution in [2.24, 2.45) is 0 Å². The molecule has 2 aliphatic heterocycles. The molecule has 2 heteroatoms. The Hall–Kier alpha value is -2.22. The van der Waals surface area contributed by atoms with E-state index in [1.54, 1.807) is 0 Å². The summed E-state index contributed by atoms with van der Waals surface area (Å²) in [7, 11) is 2.28. The highest BCUT2D eigenvalue weighted by Gasteiger charge is 2.54. The molecular formula is C25H30N2. The molecule has 0 amide bonds. The summed E-state index contributed by atoms with van der Waals surface area (Å²) < 4.78 is 0. The van der Waals surface area contributed by atoms with E-state index in [-0.39, 0.29) is 11.0 Å². The smallest absolute Gasteiger partial charge is 0.0717 e. The van der Waals surface area contributed by atoms with Gasteiger partial charge in [0.05, 0.1) is 5.54 Å². The van der Waals surface area contributed by atoms with E-state index in [2.05, 4.69) is 85.3 Å². The average molecular weight is 359 g/mol. The number of benzene rings is 2. The van der Waals surface area contributed by atoms with Crippen molar-refractivity contribution < 1.29 is 0 Å². The molecule has 1 unspecified atom stereocenters. The summed E-state index contributed by atoms with van der Waals surface area (Å²) in [5, 5.41) is 0. The van der Waals surface area contributed by atoms with Crippen molar-refractivity contribution >= 4 is 17.5 Å². The van der Waals surface area contributed by atoms with E-state index in [1.807, 2.05) is 0 Å². The molecule has 0 N–H and O–H groups in total. The summed E-state index contributed by atoms with van der Waals surface area (Å²) in [5.41, 5.74) is 7.22. The minimum absolute atomic E-state index is 0.00417. The second kappa shape index (κ2) is 5.89. The average Bonchev–Trinajstić information content (AvgIpc) is 2.87. The Kier molecular flexibility index (Phi) is 3.69. The van der Waals surface area contributed by atoms with Crippen molar-refractivity contribution in [2.75, 3.05) is 29.9 Å². The van der Waals surface area contributed by atoms with Gasteiger partial charge in [0.2, 0.25) is 0 Å². The number of piperidine rings is 1. The van der Waals surface area contributed by atoms with Crippen molar-refractivity contribution in [1.82, 2.24) is 0 Å². The van der Waals surface area contributed by atoms with Crippen LogP contribution in [0.3, 0.4) is 0 Å². The first kappa shape index (κ1) is 16.9. The summed E-state index contributed by atoms with van der Waals surface area (Å²) in [6, 6.07) is 16.1. The lowest BCUT2D eigenvalue weighted by molar-refractivity contribution is 0.330. The van der Waals surface area contributed by atoms with Crippen LogP contribution in [0.5, 0.6) is 0 Å². The summed E-state index contributed by atoms with van der Waals surface area (Å²) in [6.45, 7) is 7.24. The predicted molar refractivity (Wildman–Crippen MR) is 116 cm³/mol. The van der Waals surface area contributed by atoms with Gasteiger partial charge in [0.25, 0.3) is 0 Å². The molecule has 3 aliphatic rings. The van der Waals surface area contributed by atoms with E-state index in [0.717, 1.165) is 6.42 Å². The molecule has 0 aromatic heterocycles. The SMILES string of the molecule is CN1c2ccccc2C(C)(C)C12C=Cc1ccc(N3CCCCC3)cc1C2. The molecule has 2 aromatic rings. The molecule has 1 aliphatic carbocycles. The molecule has 1 atom stereocenters. The number of rotatable bonds is 1. The number of anilines is 2. The third kappa shape index (κ3) is 2.32. The second-order valence-electron chi connectivity index (χ2n) is 9.07. The first-order chi connectivity index (χ1) is 13.0. The molecule has 2 nitrogen and oxygen atoms in total. The zero-order valence-electron chi connectivity index (χ0n) is 16.8. The second-order valence-corrected chi connectivity index (χ2v) is 9.07. The fraction of sp³-hybridized carbons (Fsp3) is 0.440. The van der Waals surface area contributed by atoms with Gasteiger partial charge in [-0.15, -0.1) is 0 Å². The third-order valence-electron chi connectivity index (χ3n) is 7.47. The maximum atomic E-state index is 2.58. The topological polar surface area (TPSA) is 6.48 Å². The van der Waals surface area contributed by atoms with Crippen LogP contribution in [-0.4, -0.2) is 25.7 Å². The van der Waals surface area contributed by atoms with Crippen LogP contribution < -0.4 is 9.80 Å². The van der Waals surface area contributed by atoms with E-state index in [1.165, 1.54) is 60.4 Å². The Morgan fingerprint density at radius 2 is 1.70 bits per heavy atom. The molecule has 1 saturated heterocycles. The Labute approximate surface area is 163 Å². The number of hydrogen-bond donors (Lipinski definition) is 0. The molecule has 5 rings (SSSR count). The quantitative estimate of drug-likeness (QED) is 0.672. The minimum Gasteiger partial charge on any atom is -0.372 e. The van der Waals surface area contributed by atoms with Gasteiger partial charge in [-0.1, -0.05) is 50.3 Å². The maximum Gasteiger partial charge on any atom is 0.0717 e. The largest absolute Gasteiger partial charge is 0.372 e. The highest BCUT2D eigenvalue weighted by molar-refractivity contribution is 5.74. The van der Waals surface area contributed by atoms with Gasteiger partial charge in [-0.3, -0.25) is 0 Å². The van der Waals surface area contributed by atoms with Crippen molar-refractivity contribution in [2.45, 2.75) is 50.5 Å². The number of likely N-dealkylation sites (N-methyl/N-ethyl adjacent to an activating group) is 1. The fourth-order valence-electron chi connectivity index (χ4n) is 5.66. The molecule has 2 aromatic carbocycles. The Morgan fingerprint density at radius 1 is 0.926 bits per heavy atom. The van der Waals surface area contributed by atoms with Gasteiger partial charge >= 0.3 is 0 Å². The summed E-state index contributed by atoms with van der Waals surface area (Å²) in [4.78, 5) is 5.10. The molecule has 140 valence electrons. The highest BCUT2D eigenvalue weighted by atomic mass is 15.2. The molecular weight excluding hydrogens is 328 g/mol. The molecule has 0 radical (unpaired) electrons. The lowest BCUT2D eigenvalue weighted by atomic mass is 9.65. The lowest BCUT2D eigenvalue weighted by Crippen LogP contribution is -2.55. The van der Waals surface area contributed by atoms with E-state index < -0.39 is 0 Å². The van der Waals surface area contributed by atoms with Gasteiger partial charge in [-0.2, -0.15) is 0 Å². The number of para-hydroxylation sites is 1. The van der Waals surface area contributed by atoms with Crippen LogP contribution in [0.1, 0.15) is 49.8 Å². The normalized spacial score (nSPS) is 25.6. The van der Waals surface area contributed by atoms with Crippen LogP contribution in [0.15, 0.2) is 48.5 Å². The zero-order chi connectivity index (χ0) is 18.6. The lowest BCUT2D eigenvalue weighted by Gasteiger charge is -2.47. The van der Waals surface area contributed by atoms with E-state index >= 15 is 0 Å². The number of hydrogen-bond acceptors (Lipinski definition) is 2. The van der Waals surface area contributed by atoms with Gasteiger partial charge in [0, 0.05) is 43.3 Å². The van der Waals surface area contributed by atoms with Crippen molar-refractivity contribution in [3.63, 3.8) is 0 Å². The molecule has 1 spiro atoms. The summed E-state index contributed by atoms with van der Waals surface area (Å²) >= 11 is 0. The Balaban J connectivity index is 1.56. The van der Waals surface area contributed by atoms with Gasteiger partial charge in [-0.25, -0.2) is 0 Å². The van der Waals surface area contributed by atoms with Gasteiger partial charge in [0.1, 0.15) is 0 Å². The van der Waals surface area contributed by atoms with Crippen LogP contribution >= 0.6 is 0 Å². The van der Waals surface area contributed by atoms with Gasteiger partial charge < -0.3 is 9.80 Å². The minimum atomic E-state index is 0.00417. The van der Waals surface area contributed by atoms with Crippen LogP contribution in [0.2, 0.25) is 0 Å². The monoisotopic (exact) mass is 358 g/mol. The molecule has 2 heterocycles. The highest BCUT2D eigenvalue weighted by Crippen LogP contribution is 2.54. The first-order valence-corrected chi connectivity index (χ1v) is 10.4. The predicted octanol–water partition coefficient (Wildman–Crippen LogP) is 5.41. The molecule has 0 saturated carbocycles. The van der Waals surface area contributed by atoms with Crippen molar-refractivity contribution in [3.8, 4) is 0 Å². The van der Waals surface area contributed by atoms with Gasteiger partial charge in [-0.05, 0) is 54.2 Å². The third-order valence-corrected chi connectivity index (χ3v) is 7.47. The van der Waals surface area contributed by atoms with Crippen LogP contribution in [0.4, 0.5) is 11.4 Å². The van der Waals surface area contributed by atoms with Crippen molar-refractivity contribution in [3.05, 3.63) is 65.2 Å². The summed E-state index contributed by atoms with van der Waals surface area (Å²) in [6.07, 6.45) is 9.93. The standard InChI is InChI=1S/C25H30N2/c1-24(2)22-9-5-6-10-23(22)26(3)25(24)14-13-19-11-12-21(17-20(19)18-25)27-15-7-4-8-16-27/h5-6,9-14,17H,4,7-8,15-16,18H2,1-3H3.